The first kappa shape index (κ1) is 35.3. The summed E-state index contributed by atoms with van der Waals surface area (Å²) in [5.41, 5.74) is -5.05. The van der Waals surface area contributed by atoms with Crippen LogP contribution in [0.1, 0.15) is 52.9 Å². The molecule has 2 aromatic heterocycles. The molecule has 3 aliphatic rings. The monoisotopic (exact) mass is 730 g/mol. The molecule has 3 saturated heterocycles. The first-order chi connectivity index (χ1) is 23.6. The number of alkyl halides is 2. The number of benzene rings is 1. The molecule has 1 unspecified atom stereocenters. The molecule has 3 aliphatic heterocycles. The standard InChI is InChI=1S/C32H33F2N6O8PS/c1-17(41)38-10-8-21-4-5-25(31(45)39-14-22(23(15-39)35-2)18-7-9-36-28(42)13-18)40(21)30(44)24(16-38)37-29(43)27-12-19-11-20(3-6-26(19)50-27)32(33,34)49(46,47)48/h3,6-7,9,11-13,21-25H,4-5,8,10,14-16H2,1H3,(H,36,42)(H,37,43)(H2,46,47,48)/t21-,22?,23+,24+,25+/m1/s1. The molecule has 0 radical (unpaired) electrons. The molecule has 5 atom stereocenters. The van der Waals surface area contributed by atoms with E-state index in [0.717, 1.165) is 23.5 Å². The number of aromatic amines is 1. The van der Waals surface area contributed by atoms with Gasteiger partial charge in [-0.2, -0.15) is 8.78 Å². The summed E-state index contributed by atoms with van der Waals surface area (Å²) in [6.45, 7) is 9.46. The van der Waals surface area contributed by atoms with Gasteiger partial charge in [0.25, 0.3) is 5.91 Å². The molecule has 4 amide bonds. The normalized spacial score (nSPS) is 24.4. The molecule has 264 valence electrons. The van der Waals surface area contributed by atoms with Gasteiger partial charge in [0, 0.05) is 55.1 Å². The Morgan fingerprint density at radius 1 is 1.06 bits per heavy atom. The first-order valence-corrected chi connectivity index (χ1v) is 18.2. The van der Waals surface area contributed by atoms with E-state index in [1.807, 2.05) is 0 Å². The summed E-state index contributed by atoms with van der Waals surface area (Å²) in [5, 5.41) is 2.81. The van der Waals surface area contributed by atoms with Gasteiger partial charge >= 0.3 is 13.3 Å². The molecule has 4 N–H and O–H groups in total. The van der Waals surface area contributed by atoms with E-state index >= 15 is 0 Å². The average molecular weight is 731 g/mol. The van der Waals surface area contributed by atoms with E-state index in [1.165, 1.54) is 41.1 Å². The molecule has 1 aromatic carbocycles. The molecule has 6 rings (SSSR count). The highest BCUT2D eigenvalue weighted by Crippen LogP contribution is 2.59. The minimum atomic E-state index is -5.82. The zero-order valence-corrected chi connectivity index (χ0v) is 28.3. The van der Waals surface area contributed by atoms with Crippen molar-refractivity contribution in [3.05, 3.63) is 80.4 Å². The van der Waals surface area contributed by atoms with Crippen LogP contribution in [0.3, 0.4) is 0 Å². The van der Waals surface area contributed by atoms with Crippen LogP contribution in [0.4, 0.5) is 8.78 Å². The SMILES string of the molecule is [C-]#[N+][C@H]1CN(C(=O)[C@@H]2CC[C@@H]3CCN(C(C)=O)C[C@H](NC(=O)c4cc5cc(C(F)(F)P(=O)(O)O)ccc5s4)C(=O)N32)CC1c1cc[nH]c(=O)c1. The summed E-state index contributed by atoms with van der Waals surface area (Å²) >= 11 is 0.919. The lowest BCUT2D eigenvalue weighted by Crippen LogP contribution is -2.61. The molecular weight excluding hydrogens is 697 g/mol. The number of amides is 4. The number of halogens is 2. The van der Waals surface area contributed by atoms with Gasteiger partial charge in [-0.1, -0.05) is 6.07 Å². The maximum Gasteiger partial charge on any atom is 0.399 e. The van der Waals surface area contributed by atoms with Gasteiger partial charge in [-0.25, -0.2) is 6.57 Å². The van der Waals surface area contributed by atoms with E-state index in [0.29, 0.717) is 29.5 Å². The highest BCUT2D eigenvalue weighted by atomic mass is 32.1. The predicted octanol–water partition coefficient (Wildman–Crippen LogP) is 2.44. The Bertz CT molecular complexity index is 2030. The van der Waals surface area contributed by atoms with Crippen LogP contribution in [0.25, 0.3) is 14.9 Å². The van der Waals surface area contributed by atoms with E-state index in [1.54, 1.807) is 11.0 Å². The van der Waals surface area contributed by atoms with E-state index in [2.05, 4.69) is 15.1 Å². The highest BCUT2D eigenvalue weighted by molar-refractivity contribution is 7.52. The lowest BCUT2D eigenvalue weighted by molar-refractivity contribution is -0.148. The van der Waals surface area contributed by atoms with Gasteiger partial charge in [0.1, 0.15) is 12.1 Å². The Morgan fingerprint density at radius 3 is 2.50 bits per heavy atom. The predicted molar refractivity (Wildman–Crippen MR) is 176 cm³/mol. The van der Waals surface area contributed by atoms with E-state index in [9.17, 15) is 37.3 Å². The number of nitrogens with zero attached hydrogens (tertiary/aromatic N) is 4. The lowest BCUT2D eigenvalue weighted by Gasteiger charge is -2.39. The second-order valence-electron chi connectivity index (χ2n) is 12.8. The molecule has 0 bridgehead atoms. The van der Waals surface area contributed by atoms with Crippen LogP contribution in [0.15, 0.2) is 47.4 Å². The van der Waals surface area contributed by atoms with E-state index in [4.69, 9.17) is 16.4 Å². The summed E-state index contributed by atoms with van der Waals surface area (Å²) in [7, 11) is -5.82. The van der Waals surface area contributed by atoms with E-state index < -0.39 is 60.7 Å². The van der Waals surface area contributed by atoms with Crippen molar-refractivity contribution in [3.8, 4) is 0 Å². The number of thiophene rings is 1. The number of nitrogens with one attached hydrogen (secondary N) is 2. The number of hydrogen-bond donors (Lipinski definition) is 4. The third-order valence-corrected chi connectivity index (χ3v) is 11.8. The fraction of sp³-hybridized carbons (Fsp3) is 0.438. The van der Waals surface area contributed by atoms with Gasteiger partial charge in [0.15, 0.2) is 0 Å². The molecular formula is C32H33F2N6O8PS. The van der Waals surface area contributed by atoms with Crippen molar-refractivity contribution in [1.82, 2.24) is 25.0 Å². The van der Waals surface area contributed by atoms with Crippen molar-refractivity contribution in [2.75, 3.05) is 26.2 Å². The third kappa shape index (κ3) is 6.56. The molecule has 0 aliphatic carbocycles. The second kappa shape index (κ2) is 13.3. The minimum Gasteiger partial charge on any atom is -0.340 e. The zero-order valence-electron chi connectivity index (χ0n) is 26.6. The van der Waals surface area contributed by atoms with Gasteiger partial charge in [-0.05, 0) is 54.5 Å². The smallest absolute Gasteiger partial charge is 0.340 e. The van der Waals surface area contributed by atoms with Crippen LogP contribution in [0.2, 0.25) is 0 Å². The Labute approximate surface area is 288 Å². The average Bonchev–Trinajstić information content (AvgIpc) is 3.80. The fourth-order valence-corrected chi connectivity index (χ4v) is 8.50. The number of carbonyl (C=O) groups excluding carboxylic acids is 4. The van der Waals surface area contributed by atoms with Crippen molar-refractivity contribution in [2.24, 2.45) is 0 Å². The van der Waals surface area contributed by atoms with Crippen LogP contribution >= 0.6 is 18.9 Å². The Hall–Kier alpha value is -4.49. The summed E-state index contributed by atoms with van der Waals surface area (Å²) in [6, 6.07) is 4.23. The topological polar surface area (TPSA) is 185 Å². The maximum atomic E-state index is 14.4. The second-order valence-corrected chi connectivity index (χ2v) is 15.5. The third-order valence-electron chi connectivity index (χ3n) is 9.67. The molecule has 50 heavy (non-hydrogen) atoms. The summed E-state index contributed by atoms with van der Waals surface area (Å²) in [5.74, 6) is -2.36. The molecule has 3 aromatic rings. The summed E-state index contributed by atoms with van der Waals surface area (Å²) in [6.07, 6.45) is 2.71. The quantitative estimate of drug-likeness (QED) is 0.220. The number of rotatable bonds is 6. The maximum absolute atomic E-state index is 14.4. The molecule has 14 nitrogen and oxygen atoms in total. The number of fused-ring (bicyclic) bond motifs is 2. The van der Waals surface area contributed by atoms with Crippen LogP contribution in [-0.2, 0) is 24.6 Å². The van der Waals surface area contributed by atoms with Gasteiger partial charge < -0.3 is 39.6 Å². The number of hydrogen-bond acceptors (Lipinski definition) is 7. The van der Waals surface area contributed by atoms with Crippen LogP contribution < -0.4 is 10.9 Å². The number of aromatic nitrogens is 1. The lowest BCUT2D eigenvalue weighted by atomic mass is 9.96. The van der Waals surface area contributed by atoms with Gasteiger partial charge in [0.2, 0.25) is 29.3 Å². The highest BCUT2D eigenvalue weighted by Gasteiger charge is 2.51. The number of pyridine rings is 1. The zero-order chi connectivity index (χ0) is 36.1. The Morgan fingerprint density at radius 2 is 1.82 bits per heavy atom. The van der Waals surface area contributed by atoms with Gasteiger partial charge in [0.05, 0.1) is 17.3 Å². The number of H-pyrrole nitrogens is 1. The van der Waals surface area contributed by atoms with Crippen molar-refractivity contribution in [3.63, 3.8) is 0 Å². The van der Waals surface area contributed by atoms with E-state index in [-0.39, 0.29) is 53.8 Å². The summed E-state index contributed by atoms with van der Waals surface area (Å²) < 4.78 is 40.5. The Balaban J connectivity index is 1.24. The molecule has 18 heteroatoms. The van der Waals surface area contributed by atoms with Crippen molar-refractivity contribution >= 4 is 52.6 Å². The first-order valence-electron chi connectivity index (χ1n) is 15.8. The van der Waals surface area contributed by atoms with Crippen LogP contribution in [0.5, 0.6) is 0 Å². The molecule has 0 spiro atoms. The Kier molecular flexibility index (Phi) is 9.42. The van der Waals surface area contributed by atoms with Crippen molar-refractivity contribution < 1.29 is 42.3 Å². The largest absolute Gasteiger partial charge is 0.399 e. The molecule has 3 fully saturated rings. The van der Waals surface area contributed by atoms with Gasteiger partial charge in [-0.15, -0.1) is 11.3 Å². The molecule has 0 saturated carbocycles. The van der Waals surface area contributed by atoms with Crippen molar-refractivity contribution in [1.29, 1.82) is 0 Å². The number of carbonyl (C=O) groups is 4. The minimum absolute atomic E-state index is 0.0273. The van der Waals surface area contributed by atoms with Crippen LogP contribution in [-0.4, -0.2) is 103 Å². The van der Waals surface area contributed by atoms with Crippen molar-refractivity contribution in [2.45, 2.75) is 61.9 Å². The van der Waals surface area contributed by atoms with Crippen LogP contribution in [0, 0.1) is 6.57 Å². The molecule has 5 heterocycles. The fourth-order valence-electron chi connectivity index (χ4n) is 7.08. The van der Waals surface area contributed by atoms with Gasteiger partial charge in [-0.3, -0.25) is 28.5 Å². The number of likely N-dealkylation sites (tertiary alicyclic amines) is 1. The summed E-state index contributed by atoms with van der Waals surface area (Å²) in [4.78, 5) is 95.3.